The maximum absolute atomic E-state index is 12.4. The first-order chi connectivity index (χ1) is 9.54. The molecule has 1 aliphatic rings. The van der Waals surface area contributed by atoms with E-state index in [1.807, 2.05) is 18.2 Å². The standard InChI is InChI=1S/C14H15BrN2O2S/c15-8-2-3-9-10(6-8)20-12(11(9)16)13(19)17-14(7-18)4-1-5-14/h2-3,6,18H,1,4-5,7,16H2,(H,17,19). The van der Waals surface area contributed by atoms with Crippen molar-refractivity contribution in [3.05, 3.63) is 27.5 Å². The summed E-state index contributed by atoms with van der Waals surface area (Å²) in [5.74, 6) is -0.187. The molecule has 4 N–H and O–H groups in total. The molecule has 1 amide bonds. The molecule has 2 aromatic rings. The number of carbonyl (C=O) groups is 1. The lowest BCUT2D eigenvalue weighted by Crippen LogP contribution is -2.56. The van der Waals surface area contributed by atoms with Crippen LogP contribution in [0.5, 0.6) is 0 Å². The molecule has 1 aliphatic carbocycles. The van der Waals surface area contributed by atoms with Crippen molar-refractivity contribution in [3.63, 3.8) is 0 Å². The van der Waals surface area contributed by atoms with Crippen LogP contribution in [0.3, 0.4) is 0 Å². The lowest BCUT2D eigenvalue weighted by molar-refractivity contribution is 0.0646. The van der Waals surface area contributed by atoms with E-state index in [0.717, 1.165) is 33.8 Å². The van der Waals surface area contributed by atoms with E-state index < -0.39 is 5.54 Å². The maximum atomic E-state index is 12.4. The Morgan fingerprint density at radius 1 is 1.50 bits per heavy atom. The van der Waals surface area contributed by atoms with Crippen LogP contribution in [-0.4, -0.2) is 23.2 Å². The molecule has 1 fully saturated rings. The molecule has 106 valence electrons. The van der Waals surface area contributed by atoms with Crippen LogP contribution in [0.4, 0.5) is 5.69 Å². The number of fused-ring (bicyclic) bond motifs is 1. The number of halogens is 1. The Labute approximate surface area is 129 Å². The van der Waals surface area contributed by atoms with E-state index in [2.05, 4.69) is 21.2 Å². The van der Waals surface area contributed by atoms with Gasteiger partial charge in [0.05, 0.1) is 17.8 Å². The van der Waals surface area contributed by atoms with Gasteiger partial charge in [-0.2, -0.15) is 0 Å². The minimum Gasteiger partial charge on any atom is -0.397 e. The van der Waals surface area contributed by atoms with Gasteiger partial charge in [0, 0.05) is 14.6 Å². The van der Waals surface area contributed by atoms with Crippen molar-refractivity contribution in [3.8, 4) is 0 Å². The first kappa shape index (κ1) is 13.9. The number of nitrogen functional groups attached to an aromatic ring is 1. The summed E-state index contributed by atoms with van der Waals surface area (Å²) < 4.78 is 1.94. The molecule has 1 aromatic heterocycles. The molecule has 1 saturated carbocycles. The number of hydrogen-bond donors (Lipinski definition) is 3. The molecule has 0 bridgehead atoms. The normalized spacial score (nSPS) is 16.9. The Balaban J connectivity index is 1.93. The van der Waals surface area contributed by atoms with Crippen LogP contribution in [0.1, 0.15) is 28.9 Å². The molecule has 0 radical (unpaired) electrons. The molecule has 0 aliphatic heterocycles. The van der Waals surface area contributed by atoms with E-state index in [0.29, 0.717) is 10.6 Å². The molecule has 6 heteroatoms. The topological polar surface area (TPSA) is 75.4 Å². The largest absolute Gasteiger partial charge is 0.397 e. The molecule has 0 unspecified atom stereocenters. The van der Waals surface area contributed by atoms with E-state index in [9.17, 15) is 9.90 Å². The van der Waals surface area contributed by atoms with Gasteiger partial charge >= 0.3 is 0 Å². The summed E-state index contributed by atoms with van der Waals surface area (Å²) in [5.41, 5.74) is 6.15. The lowest BCUT2D eigenvalue weighted by Gasteiger charge is -2.40. The van der Waals surface area contributed by atoms with Gasteiger partial charge in [0.2, 0.25) is 0 Å². The second-order valence-corrected chi connectivity index (χ2v) is 7.20. The fraction of sp³-hybridized carbons (Fsp3) is 0.357. The van der Waals surface area contributed by atoms with Crippen molar-refractivity contribution in [2.24, 2.45) is 0 Å². The first-order valence-corrected chi connectivity index (χ1v) is 8.06. The number of nitrogens with two attached hydrogens (primary N) is 1. The highest BCUT2D eigenvalue weighted by molar-refractivity contribution is 9.10. The van der Waals surface area contributed by atoms with Gasteiger partial charge in [-0.25, -0.2) is 0 Å². The monoisotopic (exact) mass is 354 g/mol. The molecule has 0 spiro atoms. The van der Waals surface area contributed by atoms with Crippen molar-refractivity contribution in [1.29, 1.82) is 0 Å². The Bertz CT molecular complexity index is 674. The minimum atomic E-state index is -0.444. The zero-order valence-electron chi connectivity index (χ0n) is 10.8. The zero-order valence-corrected chi connectivity index (χ0v) is 13.2. The summed E-state index contributed by atoms with van der Waals surface area (Å²) in [6, 6.07) is 5.78. The fourth-order valence-corrected chi connectivity index (χ4v) is 4.05. The minimum absolute atomic E-state index is 0.0188. The predicted molar refractivity (Wildman–Crippen MR) is 85.1 cm³/mol. The highest BCUT2D eigenvalue weighted by Crippen LogP contribution is 2.37. The van der Waals surface area contributed by atoms with Gasteiger partial charge in [0.25, 0.3) is 5.91 Å². The van der Waals surface area contributed by atoms with E-state index in [4.69, 9.17) is 5.73 Å². The Kier molecular flexibility index (Phi) is 3.48. The van der Waals surface area contributed by atoms with Gasteiger partial charge < -0.3 is 16.2 Å². The molecule has 1 aromatic carbocycles. The number of aliphatic hydroxyl groups excluding tert-OH is 1. The van der Waals surface area contributed by atoms with Crippen LogP contribution in [0, 0.1) is 0 Å². The second kappa shape index (κ2) is 5.02. The van der Waals surface area contributed by atoms with E-state index in [-0.39, 0.29) is 12.5 Å². The van der Waals surface area contributed by atoms with E-state index >= 15 is 0 Å². The van der Waals surface area contributed by atoms with Gasteiger partial charge in [0.1, 0.15) is 4.88 Å². The van der Waals surface area contributed by atoms with Crippen molar-refractivity contribution in [1.82, 2.24) is 5.32 Å². The van der Waals surface area contributed by atoms with Crippen molar-refractivity contribution in [2.45, 2.75) is 24.8 Å². The number of benzene rings is 1. The predicted octanol–water partition coefficient (Wildman–Crippen LogP) is 2.89. The SMILES string of the molecule is Nc1c(C(=O)NC2(CO)CCC2)sc2cc(Br)ccc12. The van der Waals surface area contributed by atoms with E-state index in [1.54, 1.807) is 0 Å². The van der Waals surface area contributed by atoms with Crippen LogP contribution in [0.15, 0.2) is 22.7 Å². The van der Waals surface area contributed by atoms with Crippen molar-refractivity contribution >= 4 is 48.9 Å². The highest BCUT2D eigenvalue weighted by Gasteiger charge is 2.38. The smallest absolute Gasteiger partial charge is 0.264 e. The third kappa shape index (κ3) is 2.21. The molecule has 0 atom stereocenters. The van der Waals surface area contributed by atoms with Gasteiger partial charge in [0.15, 0.2) is 0 Å². The van der Waals surface area contributed by atoms with Crippen LogP contribution >= 0.6 is 27.3 Å². The lowest BCUT2D eigenvalue weighted by atomic mass is 9.77. The molecule has 1 heterocycles. The number of aliphatic hydroxyl groups is 1. The molecule has 3 rings (SSSR count). The van der Waals surface area contributed by atoms with Crippen LogP contribution < -0.4 is 11.1 Å². The Morgan fingerprint density at radius 3 is 2.85 bits per heavy atom. The summed E-state index contributed by atoms with van der Waals surface area (Å²) in [6.45, 7) is -0.0188. The van der Waals surface area contributed by atoms with Crippen molar-refractivity contribution < 1.29 is 9.90 Å². The van der Waals surface area contributed by atoms with Crippen LogP contribution in [0.2, 0.25) is 0 Å². The number of anilines is 1. The maximum Gasteiger partial charge on any atom is 0.264 e. The first-order valence-electron chi connectivity index (χ1n) is 6.45. The molecule has 20 heavy (non-hydrogen) atoms. The molecular weight excluding hydrogens is 340 g/mol. The number of thiophene rings is 1. The third-order valence-corrected chi connectivity index (χ3v) is 5.55. The summed E-state index contributed by atoms with van der Waals surface area (Å²) in [7, 11) is 0. The van der Waals surface area contributed by atoms with Crippen molar-refractivity contribution in [2.75, 3.05) is 12.3 Å². The number of amides is 1. The van der Waals surface area contributed by atoms with Gasteiger partial charge in [-0.3, -0.25) is 4.79 Å². The highest BCUT2D eigenvalue weighted by atomic mass is 79.9. The Morgan fingerprint density at radius 2 is 2.25 bits per heavy atom. The fourth-order valence-electron chi connectivity index (χ4n) is 2.48. The molecular formula is C14H15BrN2O2S. The molecule has 0 saturated heterocycles. The second-order valence-electron chi connectivity index (χ2n) is 5.23. The number of carbonyl (C=O) groups excluding carboxylic acids is 1. The van der Waals surface area contributed by atoms with Gasteiger partial charge in [-0.15, -0.1) is 11.3 Å². The van der Waals surface area contributed by atoms with Gasteiger partial charge in [-0.05, 0) is 31.4 Å². The number of hydrogen-bond acceptors (Lipinski definition) is 4. The van der Waals surface area contributed by atoms with E-state index in [1.165, 1.54) is 11.3 Å². The van der Waals surface area contributed by atoms with Gasteiger partial charge in [-0.1, -0.05) is 22.0 Å². The summed E-state index contributed by atoms with van der Waals surface area (Å²) >= 11 is 4.80. The molecule has 4 nitrogen and oxygen atoms in total. The van der Waals surface area contributed by atoms with Crippen LogP contribution in [-0.2, 0) is 0 Å². The third-order valence-electron chi connectivity index (χ3n) is 3.89. The van der Waals surface area contributed by atoms with Crippen LogP contribution in [0.25, 0.3) is 10.1 Å². The number of nitrogens with one attached hydrogen (secondary N) is 1. The summed E-state index contributed by atoms with van der Waals surface area (Å²) in [6.07, 6.45) is 2.69. The number of rotatable bonds is 3. The zero-order chi connectivity index (χ0) is 14.3. The quantitative estimate of drug-likeness (QED) is 0.793. The summed E-state index contributed by atoms with van der Waals surface area (Å²) in [5, 5.41) is 13.3. The average molecular weight is 355 g/mol. The Hall–Kier alpha value is -1.11. The average Bonchev–Trinajstić information content (AvgIpc) is 2.70. The summed E-state index contributed by atoms with van der Waals surface area (Å²) in [4.78, 5) is 12.9.